The third kappa shape index (κ3) is 4.15. The molecule has 0 aromatic heterocycles. The van der Waals surface area contributed by atoms with Crippen molar-refractivity contribution < 1.29 is 14.3 Å². The Hall–Kier alpha value is -0.730. The summed E-state index contributed by atoms with van der Waals surface area (Å²) in [5, 5.41) is 0. The highest BCUT2D eigenvalue weighted by atomic mass is 16.7. The van der Waals surface area contributed by atoms with Crippen molar-refractivity contribution in [2.24, 2.45) is 0 Å². The van der Waals surface area contributed by atoms with Gasteiger partial charge in [-0.3, -0.25) is 0 Å². The summed E-state index contributed by atoms with van der Waals surface area (Å²) in [5.74, 6) is 0. The molecule has 1 rings (SSSR count). The molecule has 0 bridgehead atoms. The van der Waals surface area contributed by atoms with Crippen molar-refractivity contribution in [3.05, 3.63) is 6.92 Å². The van der Waals surface area contributed by atoms with E-state index in [1.807, 2.05) is 0 Å². The summed E-state index contributed by atoms with van der Waals surface area (Å²) in [7, 11) is 0. The molecule has 0 atom stereocenters. The van der Waals surface area contributed by atoms with E-state index in [1.54, 1.807) is 0 Å². The van der Waals surface area contributed by atoms with E-state index >= 15 is 0 Å². The first-order valence-corrected chi connectivity index (χ1v) is 4.95. The van der Waals surface area contributed by atoms with Crippen LogP contribution in [0.1, 0.15) is 38.5 Å². The molecule has 3 nitrogen and oxygen atoms in total. The van der Waals surface area contributed by atoms with Crippen molar-refractivity contribution in [3.63, 3.8) is 0 Å². The zero-order chi connectivity index (χ0) is 9.52. The quantitative estimate of drug-likeness (QED) is 0.490. The van der Waals surface area contributed by atoms with Crippen LogP contribution < -0.4 is 0 Å². The summed E-state index contributed by atoms with van der Waals surface area (Å²) in [6.45, 7) is 3.56. The Kier molecular flexibility index (Phi) is 4.65. The lowest BCUT2D eigenvalue weighted by Gasteiger charge is -2.14. The molecule has 0 spiro atoms. The van der Waals surface area contributed by atoms with Crippen LogP contribution >= 0.6 is 0 Å². The molecule has 0 amide bonds. The van der Waals surface area contributed by atoms with Crippen molar-refractivity contribution in [1.82, 2.24) is 0 Å². The fraction of sp³-hybridized carbons (Fsp3) is 0.800. The average Bonchev–Trinajstić information content (AvgIpc) is 2.33. The Morgan fingerprint density at radius 1 is 1.23 bits per heavy atom. The summed E-state index contributed by atoms with van der Waals surface area (Å²) in [6.07, 6.45) is 6.28. The summed E-state index contributed by atoms with van der Waals surface area (Å²) in [4.78, 5) is 10.9. The Morgan fingerprint density at radius 2 is 1.85 bits per heavy atom. The molecule has 0 aromatic carbocycles. The predicted molar refractivity (Wildman–Crippen MR) is 49.3 cm³/mol. The second-order valence-electron chi connectivity index (χ2n) is 3.33. The number of carbonyl (C=O) groups excluding carboxylic acids is 1. The normalized spacial score (nSPS) is 19.2. The van der Waals surface area contributed by atoms with Crippen LogP contribution in [0, 0.1) is 6.92 Å². The van der Waals surface area contributed by atoms with Crippen LogP contribution in [-0.4, -0.2) is 18.9 Å². The zero-order valence-electron chi connectivity index (χ0n) is 7.96. The van der Waals surface area contributed by atoms with Gasteiger partial charge in [-0.25, -0.2) is 4.79 Å². The third-order valence-corrected chi connectivity index (χ3v) is 2.29. The molecular formula is C10H17O3. The van der Waals surface area contributed by atoms with E-state index in [9.17, 15) is 4.79 Å². The summed E-state index contributed by atoms with van der Waals surface area (Å²) < 4.78 is 9.72. The molecule has 1 aliphatic carbocycles. The third-order valence-electron chi connectivity index (χ3n) is 2.29. The first-order valence-electron chi connectivity index (χ1n) is 4.95. The van der Waals surface area contributed by atoms with Gasteiger partial charge in [-0.1, -0.05) is 12.8 Å². The first-order chi connectivity index (χ1) is 6.33. The highest BCUT2D eigenvalue weighted by Crippen LogP contribution is 2.19. The fourth-order valence-corrected chi connectivity index (χ4v) is 1.61. The van der Waals surface area contributed by atoms with Crippen molar-refractivity contribution in [2.45, 2.75) is 44.6 Å². The molecule has 0 N–H and O–H groups in total. The SMILES string of the molecule is [CH2]COC(=O)OC1CCCCCC1. The summed E-state index contributed by atoms with van der Waals surface area (Å²) in [5.41, 5.74) is 0. The molecule has 0 aliphatic heterocycles. The largest absolute Gasteiger partial charge is 0.508 e. The molecule has 3 heteroatoms. The minimum atomic E-state index is -0.568. The van der Waals surface area contributed by atoms with Gasteiger partial charge in [0.1, 0.15) is 6.10 Å². The second-order valence-corrected chi connectivity index (χ2v) is 3.33. The Morgan fingerprint density at radius 3 is 2.38 bits per heavy atom. The summed E-state index contributed by atoms with van der Waals surface area (Å²) in [6, 6.07) is 0. The van der Waals surface area contributed by atoms with Gasteiger partial charge >= 0.3 is 6.16 Å². The van der Waals surface area contributed by atoms with Gasteiger partial charge in [0.15, 0.2) is 0 Å². The molecule has 0 heterocycles. The molecule has 75 valence electrons. The van der Waals surface area contributed by atoms with Crippen LogP contribution in [0.3, 0.4) is 0 Å². The van der Waals surface area contributed by atoms with Gasteiger partial charge in [0.25, 0.3) is 0 Å². The average molecular weight is 185 g/mol. The van der Waals surface area contributed by atoms with Crippen LogP contribution in [0.2, 0.25) is 0 Å². The molecular weight excluding hydrogens is 168 g/mol. The number of rotatable bonds is 2. The zero-order valence-corrected chi connectivity index (χ0v) is 7.96. The molecule has 1 saturated carbocycles. The lowest BCUT2D eigenvalue weighted by Crippen LogP contribution is -2.18. The number of carbonyl (C=O) groups is 1. The lowest BCUT2D eigenvalue weighted by atomic mass is 10.2. The highest BCUT2D eigenvalue weighted by Gasteiger charge is 2.16. The monoisotopic (exact) mass is 185 g/mol. The van der Waals surface area contributed by atoms with Gasteiger partial charge in [-0.15, -0.1) is 0 Å². The number of hydrogen-bond donors (Lipinski definition) is 0. The van der Waals surface area contributed by atoms with Crippen LogP contribution in [0.25, 0.3) is 0 Å². The summed E-state index contributed by atoms with van der Waals surface area (Å²) >= 11 is 0. The van der Waals surface area contributed by atoms with E-state index in [-0.39, 0.29) is 12.7 Å². The van der Waals surface area contributed by atoms with Gasteiger partial charge in [0.05, 0.1) is 6.61 Å². The first kappa shape index (κ1) is 10.4. The van der Waals surface area contributed by atoms with Crippen molar-refractivity contribution >= 4 is 6.16 Å². The van der Waals surface area contributed by atoms with Crippen molar-refractivity contribution in [3.8, 4) is 0 Å². The Labute approximate surface area is 79.4 Å². The number of ether oxygens (including phenoxy) is 2. The van der Waals surface area contributed by atoms with E-state index in [4.69, 9.17) is 4.74 Å². The topological polar surface area (TPSA) is 35.5 Å². The molecule has 0 unspecified atom stereocenters. The van der Waals surface area contributed by atoms with Crippen molar-refractivity contribution in [1.29, 1.82) is 0 Å². The van der Waals surface area contributed by atoms with Gasteiger partial charge in [0.2, 0.25) is 0 Å². The fourth-order valence-electron chi connectivity index (χ4n) is 1.61. The molecule has 13 heavy (non-hydrogen) atoms. The molecule has 1 radical (unpaired) electrons. The lowest BCUT2D eigenvalue weighted by molar-refractivity contribution is 0.0242. The second kappa shape index (κ2) is 5.84. The maximum Gasteiger partial charge on any atom is 0.508 e. The van der Waals surface area contributed by atoms with E-state index in [0.717, 1.165) is 25.7 Å². The van der Waals surface area contributed by atoms with E-state index < -0.39 is 6.16 Å². The minimum absolute atomic E-state index is 0.0709. The Bertz CT molecular complexity index is 148. The maximum atomic E-state index is 10.9. The van der Waals surface area contributed by atoms with Crippen molar-refractivity contribution in [2.75, 3.05) is 6.61 Å². The molecule has 0 saturated heterocycles. The van der Waals surface area contributed by atoms with E-state index in [0.29, 0.717) is 0 Å². The predicted octanol–water partition coefficient (Wildman–Crippen LogP) is 2.70. The maximum absolute atomic E-state index is 10.9. The Balaban J connectivity index is 2.21. The van der Waals surface area contributed by atoms with Crippen LogP contribution in [0.15, 0.2) is 0 Å². The molecule has 1 fully saturated rings. The van der Waals surface area contributed by atoms with Gasteiger partial charge < -0.3 is 9.47 Å². The van der Waals surface area contributed by atoms with Crippen LogP contribution in [-0.2, 0) is 9.47 Å². The standard InChI is InChI=1S/C10H17O3/c1-2-12-10(11)13-9-7-5-3-4-6-8-9/h9H,1-8H2. The van der Waals surface area contributed by atoms with Crippen LogP contribution in [0.5, 0.6) is 0 Å². The van der Waals surface area contributed by atoms with E-state index in [1.165, 1.54) is 12.8 Å². The van der Waals surface area contributed by atoms with Gasteiger partial charge in [0, 0.05) is 0 Å². The van der Waals surface area contributed by atoms with E-state index in [2.05, 4.69) is 11.7 Å². The minimum Gasteiger partial charge on any atom is -0.434 e. The smallest absolute Gasteiger partial charge is 0.434 e. The van der Waals surface area contributed by atoms with Gasteiger partial charge in [-0.2, -0.15) is 0 Å². The van der Waals surface area contributed by atoms with Crippen LogP contribution in [0.4, 0.5) is 4.79 Å². The molecule has 1 aliphatic rings. The van der Waals surface area contributed by atoms with Gasteiger partial charge in [-0.05, 0) is 32.6 Å². The highest BCUT2D eigenvalue weighted by molar-refractivity contribution is 5.60. The number of hydrogen-bond acceptors (Lipinski definition) is 3. The molecule has 0 aromatic rings.